The molecule has 2 aromatic carbocycles. The molecule has 0 unspecified atom stereocenters. The predicted molar refractivity (Wildman–Crippen MR) is 103 cm³/mol. The number of fused-ring (bicyclic) bond motifs is 1. The molecule has 2 heterocycles. The van der Waals surface area contributed by atoms with Gasteiger partial charge in [0.15, 0.2) is 0 Å². The molecule has 2 aromatic heterocycles. The maximum absolute atomic E-state index is 6.28. The largest absolute Gasteiger partial charge is 0.492 e. The smallest absolute Gasteiger partial charge is 0.258 e. The Labute approximate surface area is 159 Å². The van der Waals surface area contributed by atoms with Gasteiger partial charge in [0.1, 0.15) is 5.75 Å². The highest BCUT2D eigenvalue weighted by molar-refractivity contribution is 6.35. The van der Waals surface area contributed by atoms with Crippen LogP contribution in [0.2, 0.25) is 10.0 Å². The summed E-state index contributed by atoms with van der Waals surface area (Å²) in [5.74, 6) is 1.52. The molecule has 0 atom stereocenters. The van der Waals surface area contributed by atoms with Crippen LogP contribution >= 0.6 is 23.2 Å². The fourth-order valence-corrected chi connectivity index (χ4v) is 3.09. The van der Waals surface area contributed by atoms with Gasteiger partial charge in [-0.2, -0.15) is 4.98 Å². The highest BCUT2D eigenvalue weighted by atomic mass is 35.5. The molecule has 0 saturated carbocycles. The van der Waals surface area contributed by atoms with Crippen LogP contribution in [-0.2, 0) is 0 Å². The number of hydrogen-bond donors (Lipinski definition) is 1. The van der Waals surface area contributed by atoms with Crippen molar-refractivity contribution >= 4 is 34.1 Å². The Balaban J connectivity index is 1.64. The standard InChI is InChI=1S/C19H15Cl2N3O2/c1-2-7-25-17-6-4-12(9-14(17)20)19-23-18(24-26-19)11-3-5-16-13(8-11)15(21)10-22-16/h3-6,8-10,22H,2,7H2,1H3. The van der Waals surface area contributed by atoms with Gasteiger partial charge in [0.05, 0.1) is 16.7 Å². The van der Waals surface area contributed by atoms with Gasteiger partial charge >= 0.3 is 0 Å². The minimum Gasteiger partial charge on any atom is -0.492 e. The van der Waals surface area contributed by atoms with Crippen LogP contribution in [0.5, 0.6) is 5.75 Å². The number of nitrogens with one attached hydrogen (secondary N) is 1. The molecule has 26 heavy (non-hydrogen) atoms. The maximum atomic E-state index is 6.28. The summed E-state index contributed by atoms with van der Waals surface area (Å²) < 4.78 is 11.0. The molecule has 0 fully saturated rings. The summed E-state index contributed by atoms with van der Waals surface area (Å²) in [6.45, 7) is 2.66. The summed E-state index contributed by atoms with van der Waals surface area (Å²) in [5.41, 5.74) is 2.51. The molecule has 1 N–H and O–H groups in total. The van der Waals surface area contributed by atoms with Gasteiger partial charge in [-0.05, 0) is 42.8 Å². The Hall–Kier alpha value is -2.50. The van der Waals surface area contributed by atoms with Gasteiger partial charge in [0.2, 0.25) is 5.82 Å². The fourth-order valence-electron chi connectivity index (χ4n) is 2.65. The summed E-state index contributed by atoms with van der Waals surface area (Å²) >= 11 is 12.5. The van der Waals surface area contributed by atoms with Crippen LogP contribution in [0.1, 0.15) is 13.3 Å². The van der Waals surface area contributed by atoms with Crippen molar-refractivity contribution in [3.63, 3.8) is 0 Å². The second-order valence-electron chi connectivity index (χ2n) is 5.81. The summed E-state index contributed by atoms with van der Waals surface area (Å²) in [6, 6.07) is 11.2. The maximum Gasteiger partial charge on any atom is 0.258 e. The lowest BCUT2D eigenvalue weighted by Crippen LogP contribution is -1.95. The van der Waals surface area contributed by atoms with E-state index in [1.165, 1.54) is 0 Å². The molecule has 0 saturated heterocycles. The van der Waals surface area contributed by atoms with E-state index in [4.69, 9.17) is 32.5 Å². The summed E-state index contributed by atoms with van der Waals surface area (Å²) in [6.07, 6.45) is 2.67. The third-order valence-corrected chi connectivity index (χ3v) is 4.56. The predicted octanol–water partition coefficient (Wildman–Crippen LogP) is 5.98. The Morgan fingerprint density at radius 2 is 1.92 bits per heavy atom. The average Bonchev–Trinajstić information content (AvgIpc) is 3.28. The van der Waals surface area contributed by atoms with Gasteiger partial charge in [-0.3, -0.25) is 0 Å². The van der Waals surface area contributed by atoms with Gasteiger partial charge in [0, 0.05) is 28.2 Å². The molecule has 5 nitrogen and oxygen atoms in total. The molecule has 0 spiro atoms. The number of H-pyrrole nitrogens is 1. The zero-order valence-corrected chi connectivity index (χ0v) is 15.4. The van der Waals surface area contributed by atoms with E-state index in [1.807, 2.05) is 37.3 Å². The minimum absolute atomic E-state index is 0.393. The van der Waals surface area contributed by atoms with Gasteiger partial charge in [-0.1, -0.05) is 35.3 Å². The molecule has 0 aliphatic heterocycles. The van der Waals surface area contributed by atoms with Crippen molar-refractivity contribution in [3.8, 4) is 28.6 Å². The second-order valence-corrected chi connectivity index (χ2v) is 6.63. The van der Waals surface area contributed by atoms with E-state index in [2.05, 4.69) is 15.1 Å². The quantitative estimate of drug-likeness (QED) is 0.457. The van der Waals surface area contributed by atoms with Crippen LogP contribution in [0.4, 0.5) is 0 Å². The van der Waals surface area contributed by atoms with Crippen molar-refractivity contribution in [2.24, 2.45) is 0 Å². The van der Waals surface area contributed by atoms with Crippen LogP contribution in [0.15, 0.2) is 47.1 Å². The van der Waals surface area contributed by atoms with Gasteiger partial charge < -0.3 is 14.2 Å². The number of rotatable bonds is 5. The Morgan fingerprint density at radius 3 is 2.73 bits per heavy atom. The summed E-state index contributed by atoms with van der Waals surface area (Å²) in [7, 11) is 0. The first kappa shape index (κ1) is 16.9. The fraction of sp³-hybridized carbons (Fsp3) is 0.158. The molecule has 7 heteroatoms. The van der Waals surface area contributed by atoms with Crippen LogP contribution in [0.3, 0.4) is 0 Å². The number of aromatic nitrogens is 3. The Kier molecular flexibility index (Phi) is 4.57. The van der Waals surface area contributed by atoms with E-state index in [0.29, 0.717) is 34.1 Å². The van der Waals surface area contributed by atoms with E-state index in [-0.39, 0.29) is 0 Å². The molecule has 0 radical (unpaired) electrons. The van der Waals surface area contributed by atoms with Crippen molar-refractivity contribution < 1.29 is 9.26 Å². The topological polar surface area (TPSA) is 63.9 Å². The van der Waals surface area contributed by atoms with Crippen LogP contribution in [0.25, 0.3) is 33.7 Å². The molecule has 0 amide bonds. The lowest BCUT2D eigenvalue weighted by atomic mass is 10.1. The molecule has 4 aromatic rings. The first-order chi connectivity index (χ1) is 12.7. The van der Waals surface area contributed by atoms with Crippen molar-refractivity contribution in [1.82, 2.24) is 15.1 Å². The first-order valence-corrected chi connectivity index (χ1v) is 8.94. The lowest BCUT2D eigenvalue weighted by molar-refractivity contribution is 0.317. The molecule has 132 valence electrons. The number of aromatic amines is 1. The summed E-state index contributed by atoms with van der Waals surface area (Å²) in [4.78, 5) is 7.57. The lowest BCUT2D eigenvalue weighted by Gasteiger charge is -2.06. The van der Waals surface area contributed by atoms with Gasteiger partial charge in [0.25, 0.3) is 5.89 Å². The highest BCUT2D eigenvalue weighted by Gasteiger charge is 2.14. The Bertz CT molecular complexity index is 1070. The first-order valence-electron chi connectivity index (χ1n) is 8.19. The molecular weight excluding hydrogens is 373 g/mol. The van der Waals surface area contributed by atoms with E-state index >= 15 is 0 Å². The molecular formula is C19H15Cl2N3O2. The zero-order valence-electron chi connectivity index (χ0n) is 13.9. The van der Waals surface area contributed by atoms with Crippen LogP contribution < -0.4 is 4.74 Å². The van der Waals surface area contributed by atoms with Crippen molar-refractivity contribution in [3.05, 3.63) is 52.6 Å². The van der Waals surface area contributed by atoms with E-state index in [1.54, 1.807) is 12.3 Å². The molecule has 0 aliphatic carbocycles. The minimum atomic E-state index is 0.393. The van der Waals surface area contributed by atoms with Gasteiger partial charge in [-0.15, -0.1) is 0 Å². The highest BCUT2D eigenvalue weighted by Crippen LogP contribution is 2.32. The van der Waals surface area contributed by atoms with Gasteiger partial charge in [-0.25, -0.2) is 0 Å². The number of nitrogens with zero attached hydrogens (tertiary/aromatic N) is 2. The van der Waals surface area contributed by atoms with Crippen LogP contribution in [0, 0.1) is 0 Å². The zero-order chi connectivity index (χ0) is 18.1. The molecule has 0 aliphatic rings. The van der Waals surface area contributed by atoms with E-state index in [9.17, 15) is 0 Å². The van der Waals surface area contributed by atoms with Crippen molar-refractivity contribution in [2.75, 3.05) is 6.61 Å². The second kappa shape index (κ2) is 7.02. The van der Waals surface area contributed by atoms with Crippen LogP contribution in [-0.4, -0.2) is 21.7 Å². The third kappa shape index (κ3) is 3.16. The van der Waals surface area contributed by atoms with Crippen molar-refractivity contribution in [1.29, 1.82) is 0 Å². The average molecular weight is 388 g/mol. The molecule has 4 rings (SSSR count). The SMILES string of the molecule is CCCOc1ccc(-c2nc(-c3ccc4[nH]cc(Cl)c4c3)no2)cc1Cl. The van der Waals surface area contributed by atoms with Crippen molar-refractivity contribution in [2.45, 2.75) is 13.3 Å². The number of hydrogen-bond acceptors (Lipinski definition) is 4. The monoisotopic (exact) mass is 387 g/mol. The molecule has 0 bridgehead atoms. The summed E-state index contributed by atoms with van der Waals surface area (Å²) in [5, 5.41) is 6.15. The van der Waals surface area contributed by atoms with E-state index < -0.39 is 0 Å². The number of ether oxygens (including phenoxy) is 1. The third-order valence-electron chi connectivity index (χ3n) is 3.96. The Morgan fingerprint density at radius 1 is 1.08 bits per heavy atom. The number of halogens is 2. The van der Waals surface area contributed by atoms with E-state index in [0.717, 1.165) is 28.5 Å². The number of benzene rings is 2. The normalized spacial score (nSPS) is 11.2.